The van der Waals surface area contributed by atoms with Crippen molar-refractivity contribution in [3.8, 4) is 0 Å². The average Bonchev–Trinajstić information content (AvgIpc) is 1.52. The van der Waals surface area contributed by atoms with E-state index in [1.54, 1.807) is 0 Å². The highest BCUT2D eigenvalue weighted by molar-refractivity contribution is 7.79. The van der Waals surface area contributed by atoms with E-state index in [2.05, 4.69) is 4.74 Å². The van der Waals surface area contributed by atoms with Crippen LogP contribution in [0.1, 0.15) is 0 Å². The van der Waals surface area contributed by atoms with E-state index >= 15 is 0 Å². The van der Waals surface area contributed by atoms with Gasteiger partial charge in [0.2, 0.25) is 0 Å². The quantitative estimate of drug-likeness (QED) is 0.236. The van der Waals surface area contributed by atoms with Gasteiger partial charge in [-0.15, -0.1) is 0 Å². The van der Waals surface area contributed by atoms with Gasteiger partial charge in [0.25, 0.3) is 0 Å². The van der Waals surface area contributed by atoms with E-state index in [1.807, 2.05) is 0 Å². The first-order valence-corrected chi connectivity index (χ1v) is 3.36. The molecule has 0 fully saturated rings. The van der Waals surface area contributed by atoms with Crippen LogP contribution in [0, 0.1) is 0 Å². The molecule has 0 aliphatic heterocycles. The molecule has 0 bridgehead atoms. The smallest absolute Gasteiger partial charge is 0.449 e. The van der Waals surface area contributed by atoms with Crippen LogP contribution in [0.5, 0.6) is 0 Å². The monoisotopic (exact) mass is 204 g/mol. The minimum atomic E-state index is -4.67. The van der Waals surface area contributed by atoms with Crippen LogP contribution in [0.2, 0.25) is 0 Å². The highest BCUT2D eigenvalue weighted by Gasteiger charge is 2.01. The number of carbonyl (C=O) groups is 2. The molecule has 0 radical (unpaired) electrons. The summed E-state index contributed by atoms with van der Waals surface area (Å²) in [4.78, 5) is 18.4. The summed E-state index contributed by atoms with van der Waals surface area (Å²) in [7, 11) is -4.67. The van der Waals surface area contributed by atoms with Crippen molar-refractivity contribution in [2.45, 2.75) is 0 Å². The van der Waals surface area contributed by atoms with Gasteiger partial charge in [-0.05, 0) is 0 Å². The van der Waals surface area contributed by atoms with E-state index in [0.717, 1.165) is 0 Å². The molecule has 0 aliphatic carbocycles. The predicted octanol–water partition coefficient (Wildman–Crippen LogP) is -0.294. The molecule has 10 heteroatoms. The molecule has 9 nitrogen and oxygen atoms in total. The van der Waals surface area contributed by atoms with E-state index in [9.17, 15) is 9.59 Å². The molecular weight excluding hydrogens is 200 g/mol. The fourth-order valence-electron chi connectivity index (χ4n) is 0.0747. The lowest BCUT2D eigenvalue weighted by Gasteiger charge is -1.84. The molecule has 0 amide bonds. The van der Waals surface area contributed by atoms with Gasteiger partial charge in [-0.1, -0.05) is 0 Å². The Hall–Kier alpha value is -1.39. The van der Waals surface area contributed by atoms with Crippen molar-refractivity contribution in [2.75, 3.05) is 0 Å². The Balaban J connectivity index is 0. The topological polar surface area (TPSA) is 158 Å². The standard InChI is InChI=1S/C2H2O5.H2O4S/c3-1(4)7-2(5)6;1-5(2,3)4/h(H,3,4)(H,5,6);(H2,1,2,3,4). The molecule has 0 aromatic rings. The fraction of sp³-hybridized carbons (Fsp3) is 0. The fourth-order valence-corrected chi connectivity index (χ4v) is 0.0747. The van der Waals surface area contributed by atoms with E-state index < -0.39 is 22.7 Å². The Morgan fingerprint density at radius 3 is 1.17 bits per heavy atom. The molecule has 0 rings (SSSR count). The maximum Gasteiger partial charge on any atom is 0.516 e. The van der Waals surface area contributed by atoms with Gasteiger partial charge < -0.3 is 14.9 Å². The van der Waals surface area contributed by atoms with Crippen molar-refractivity contribution in [3.05, 3.63) is 0 Å². The molecule has 12 heavy (non-hydrogen) atoms. The number of carboxylic acid groups (broad SMARTS) is 2. The molecular formula is C2H4O9S. The summed E-state index contributed by atoms with van der Waals surface area (Å²) in [5.41, 5.74) is 0. The number of rotatable bonds is 0. The van der Waals surface area contributed by atoms with Gasteiger partial charge in [-0.3, -0.25) is 9.11 Å². The highest BCUT2D eigenvalue weighted by Crippen LogP contribution is 1.73. The zero-order valence-electron chi connectivity index (χ0n) is 5.24. The second kappa shape index (κ2) is 5.29. The Kier molecular flexibility index (Phi) is 5.82. The van der Waals surface area contributed by atoms with Crippen LogP contribution in [-0.2, 0) is 15.1 Å². The van der Waals surface area contributed by atoms with Crippen LogP contribution in [0.15, 0.2) is 0 Å². The van der Waals surface area contributed by atoms with Crippen LogP contribution < -0.4 is 0 Å². The van der Waals surface area contributed by atoms with Gasteiger partial charge in [0.1, 0.15) is 0 Å². The Bertz CT molecular complexity index is 228. The molecule has 0 aliphatic rings. The normalized spacial score (nSPS) is 9.17. The molecule has 0 aromatic carbocycles. The largest absolute Gasteiger partial charge is 0.516 e. The van der Waals surface area contributed by atoms with E-state index in [1.165, 1.54) is 0 Å². The van der Waals surface area contributed by atoms with E-state index in [-0.39, 0.29) is 0 Å². The van der Waals surface area contributed by atoms with E-state index in [4.69, 9.17) is 27.7 Å². The van der Waals surface area contributed by atoms with Gasteiger partial charge in [0.05, 0.1) is 0 Å². The second-order valence-corrected chi connectivity index (χ2v) is 1.98. The van der Waals surface area contributed by atoms with Gasteiger partial charge >= 0.3 is 22.7 Å². The number of ether oxygens (including phenoxy) is 1. The molecule has 0 spiro atoms. The highest BCUT2D eigenvalue weighted by atomic mass is 32.3. The van der Waals surface area contributed by atoms with Crippen molar-refractivity contribution in [3.63, 3.8) is 0 Å². The van der Waals surface area contributed by atoms with Crippen LogP contribution >= 0.6 is 0 Å². The molecule has 72 valence electrons. The van der Waals surface area contributed by atoms with Crippen LogP contribution in [0.25, 0.3) is 0 Å². The molecule has 0 heterocycles. The lowest BCUT2D eigenvalue weighted by molar-refractivity contribution is 0.0801. The lowest BCUT2D eigenvalue weighted by Crippen LogP contribution is -2.05. The molecule has 0 unspecified atom stereocenters. The average molecular weight is 204 g/mol. The van der Waals surface area contributed by atoms with Crippen molar-refractivity contribution in [2.24, 2.45) is 0 Å². The van der Waals surface area contributed by atoms with Gasteiger partial charge in [-0.25, -0.2) is 9.59 Å². The third kappa shape index (κ3) is 73.2. The Morgan fingerprint density at radius 1 is 1.00 bits per heavy atom. The molecule has 0 saturated carbocycles. The zero-order valence-corrected chi connectivity index (χ0v) is 6.05. The third-order valence-corrected chi connectivity index (χ3v) is 0.175. The summed E-state index contributed by atoms with van der Waals surface area (Å²) in [5, 5.41) is 15.0. The molecule has 0 saturated heterocycles. The number of hydrogen-bond acceptors (Lipinski definition) is 5. The van der Waals surface area contributed by atoms with Gasteiger partial charge in [-0.2, -0.15) is 8.42 Å². The zero-order chi connectivity index (χ0) is 10.4. The molecule has 0 atom stereocenters. The number of hydrogen-bond donors (Lipinski definition) is 4. The van der Waals surface area contributed by atoms with Crippen molar-refractivity contribution >= 4 is 22.7 Å². The maximum atomic E-state index is 9.21. The van der Waals surface area contributed by atoms with Gasteiger partial charge in [0.15, 0.2) is 0 Å². The summed E-state index contributed by atoms with van der Waals surface area (Å²) in [6.45, 7) is 0. The van der Waals surface area contributed by atoms with Crippen LogP contribution in [0.4, 0.5) is 9.59 Å². The second-order valence-electron chi connectivity index (χ2n) is 1.08. The summed E-state index contributed by atoms with van der Waals surface area (Å²) < 4.78 is 34.7. The third-order valence-electron chi connectivity index (χ3n) is 0.175. The summed E-state index contributed by atoms with van der Waals surface area (Å²) in [5.74, 6) is 0. The SMILES string of the molecule is O=C(O)OC(=O)O.O=S(=O)(O)O. The summed E-state index contributed by atoms with van der Waals surface area (Å²) >= 11 is 0. The molecule has 4 N–H and O–H groups in total. The first kappa shape index (κ1) is 13.2. The Labute approximate surface area is 65.8 Å². The van der Waals surface area contributed by atoms with Crippen molar-refractivity contribution in [1.82, 2.24) is 0 Å². The Morgan fingerprint density at radius 2 is 1.17 bits per heavy atom. The lowest BCUT2D eigenvalue weighted by atomic mass is 11.3. The van der Waals surface area contributed by atoms with Crippen molar-refractivity contribution in [1.29, 1.82) is 0 Å². The van der Waals surface area contributed by atoms with Crippen molar-refractivity contribution < 1.29 is 42.1 Å². The van der Waals surface area contributed by atoms with Crippen LogP contribution in [0.3, 0.4) is 0 Å². The minimum absolute atomic E-state index is 1.81. The van der Waals surface area contributed by atoms with Gasteiger partial charge in [0, 0.05) is 0 Å². The first-order valence-electron chi connectivity index (χ1n) is 1.96. The summed E-state index contributed by atoms with van der Waals surface area (Å²) in [6, 6.07) is 0. The predicted molar refractivity (Wildman–Crippen MR) is 31.3 cm³/mol. The maximum absolute atomic E-state index is 9.21. The minimum Gasteiger partial charge on any atom is -0.449 e. The first-order chi connectivity index (χ1) is 5.13. The van der Waals surface area contributed by atoms with Crippen LogP contribution in [-0.4, -0.2) is 40.0 Å². The molecule has 0 aromatic heterocycles. The summed E-state index contributed by atoms with van der Waals surface area (Å²) in [6.07, 6.45) is -3.62. The van der Waals surface area contributed by atoms with E-state index in [0.29, 0.717) is 0 Å².